The van der Waals surface area contributed by atoms with Crippen molar-refractivity contribution in [3.8, 4) is 0 Å². The molecule has 0 aromatic rings. The number of hydrogen-bond donors (Lipinski definition) is 1. The van der Waals surface area contributed by atoms with E-state index in [1.165, 1.54) is 51.4 Å². The van der Waals surface area contributed by atoms with E-state index in [2.05, 4.69) is 13.0 Å². The summed E-state index contributed by atoms with van der Waals surface area (Å²) in [5, 5.41) is 9.86. The highest BCUT2D eigenvalue weighted by molar-refractivity contribution is 5.19. The van der Waals surface area contributed by atoms with Gasteiger partial charge in [0.25, 0.3) is 0 Å². The maximum absolute atomic E-state index is 9.86. The van der Waals surface area contributed by atoms with Gasteiger partial charge in [0.05, 0.1) is 6.10 Å². The zero-order valence-corrected chi connectivity index (χ0v) is 12.3. The van der Waals surface area contributed by atoms with Crippen LogP contribution in [0.3, 0.4) is 0 Å². The van der Waals surface area contributed by atoms with Crippen molar-refractivity contribution in [1.29, 1.82) is 0 Å². The SMILES string of the molecule is C[C@@]12CCCC1C1CCC3=CC(O)CC[C@@H]3C1CC2. The van der Waals surface area contributed by atoms with Crippen molar-refractivity contribution < 1.29 is 5.11 Å². The van der Waals surface area contributed by atoms with Gasteiger partial charge < -0.3 is 5.11 Å². The van der Waals surface area contributed by atoms with Crippen molar-refractivity contribution in [2.75, 3.05) is 0 Å². The summed E-state index contributed by atoms with van der Waals surface area (Å²) in [6, 6.07) is 0. The van der Waals surface area contributed by atoms with E-state index in [-0.39, 0.29) is 6.10 Å². The highest BCUT2D eigenvalue weighted by Crippen LogP contribution is 2.61. The minimum absolute atomic E-state index is 0.136. The molecule has 0 saturated heterocycles. The fourth-order valence-corrected chi connectivity index (χ4v) is 6.31. The summed E-state index contributed by atoms with van der Waals surface area (Å²) in [6.07, 6.45) is 14.5. The number of aliphatic hydroxyl groups is 1. The topological polar surface area (TPSA) is 20.2 Å². The minimum atomic E-state index is -0.136. The minimum Gasteiger partial charge on any atom is -0.389 e. The maximum Gasteiger partial charge on any atom is 0.0723 e. The summed E-state index contributed by atoms with van der Waals surface area (Å²) >= 11 is 0. The Bertz CT molecular complexity index is 398. The molecule has 106 valence electrons. The average molecular weight is 260 g/mol. The molecule has 4 aliphatic carbocycles. The first kappa shape index (κ1) is 12.4. The monoisotopic (exact) mass is 260 g/mol. The van der Waals surface area contributed by atoms with E-state index in [1.54, 1.807) is 5.57 Å². The lowest BCUT2D eigenvalue weighted by atomic mass is 9.52. The normalized spacial score (nSPS) is 52.9. The molecule has 0 aromatic carbocycles. The van der Waals surface area contributed by atoms with Crippen molar-refractivity contribution in [3.05, 3.63) is 11.6 Å². The standard InChI is InChI=1S/C18H28O/c1-18-9-2-3-17(18)16-6-4-12-11-13(19)5-7-14(12)15(16)8-10-18/h11,13-17,19H,2-10H2,1H3/t13?,14-,15?,16?,17?,18-/m0/s1. The van der Waals surface area contributed by atoms with Crippen molar-refractivity contribution in [3.63, 3.8) is 0 Å². The maximum atomic E-state index is 9.86. The van der Waals surface area contributed by atoms with Crippen LogP contribution in [0.5, 0.6) is 0 Å². The van der Waals surface area contributed by atoms with Gasteiger partial charge in [0.2, 0.25) is 0 Å². The van der Waals surface area contributed by atoms with Gasteiger partial charge in [0.1, 0.15) is 0 Å². The highest BCUT2D eigenvalue weighted by Gasteiger charge is 2.52. The van der Waals surface area contributed by atoms with Gasteiger partial charge in [-0.15, -0.1) is 0 Å². The van der Waals surface area contributed by atoms with Crippen LogP contribution in [0.2, 0.25) is 0 Å². The van der Waals surface area contributed by atoms with Gasteiger partial charge in [-0.1, -0.05) is 25.0 Å². The molecule has 4 rings (SSSR count). The number of allylic oxidation sites excluding steroid dienone is 1. The molecule has 0 heterocycles. The Kier molecular flexibility index (Phi) is 2.85. The summed E-state index contributed by atoms with van der Waals surface area (Å²) in [5.41, 5.74) is 2.32. The van der Waals surface area contributed by atoms with Gasteiger partial charge in [0.15, 0.2) is 0 Å². The van der Waals surface area contributed by atoms with Gasteiger partial charge in [-0.05, 0) is 80.5 Å². The van der Waals surface area contributed by atoms with Gasteiger partial charge >= 0.3 is 0 Å². The second-order valence-electron chi connectivity index (χ2n) is 8.05. The molecule has 3 fully saturated rings. The summed E-state index contributed by atoms with van der Waals surface area (Å²) < 4.78 is 0. The number of fused-ring (bicyclic) bond motifs is 5. The van der Waals surface area contributed by atoms with Crippen LogP contribution < -0.4 is 0 Å². The first-order valence-corrected chi connectivity index (χ1v) is 8.56. The Morgan fingerprint density at radius 3 is 2.84 bits per heavy atom. The summed E-state index contributed by atoms with van der Waals surface area (Å²) in [5.74, 6) is 3.84. The molecule has 0 amide bonds. The molecule has 0 radical (unpaired) electrons. The Morgan fingerprint density at radius 1 is 1.05 bits per heavy atom. The molecule has 4 aliphatic rings. The zero-order chi connectivity index (χ0) is 13.0. The van der Waals surface area contributed by atoms with Crippen LogP contribution in [0.4, 0.5) is 0 Å². The van der Waals surface area contributed by atoms with E-state index in [4.69, 9.17) is 0 Å². The number of aliphatic hydroxyl groups excluding tert-OH is 1. The molecule has 1 heteroatoms. The van der Waals surface area contributed by atoms with Gasteiger partial charge in [-0.3, -0.25) is 0 Å². The fraction of sp³-hybridized carbons (Fsp3) is 0.889. The predicted molar refractivity (Wildman–Crippen MR) is 77.7 cm³/mol. The Hall–Kier alpha value is -0.300. The fourth-order valence-electron chi connectivity index (χ4n) is 6.31. The molecule has 0 aromatic heterocycles. The van der Waals surface area contributed by atoms with Gasteiger partial charge in [0, 0.05) is 0 Å². The molecule has 0 aliphatic heterocycles. The first-order valence-electron chi connectivity index (χ1n) is 8.56. The largest absolute Gasteiger partial charge is 0.389 e. The first-order chi connectivity index (χ1) is 9.17. The van der Waals surface area contributed by atoms with Crippen LogP contribution in [0, 0.1) is 29.1 Å². The van der Waals surface area contributed by atoms with Crippen LogP contribution in [-0.4, -0.2) is 11.2 Å². The lowest BCUT2D eigenvalue weighted by molar-refractivity contribution is -0.00504. The van der Waals surface area contributed by atoms with E-state index < -0.39 is 0 Å². The van der Waals surface area contributed by atoms with Crippen LogP contribution in [0.15, 0.2) is 11.6 Å². The lowest BCUT2D eigenvalue weighted by Crippen LogP contribution is -2.44. The number of hydrogen-bond acceptors (Lipinski definition) is 1. The van der Waals surface area contributed by atoms with Crippen molar-refractivity contribution >= 4 is 0 Å². The molecular formula is C18H28O. The second-order valence-corrected chi connectivity index (χ2v) is 8.05. The van der Waals surface area contributed by atoms with E-state index in [9.17, 15) is 5.11 Å². The zero-order valence-electron chi connectivity index (χ0n) is 12.3. The van der Waals surface area contributed by atoms with Gasteiger partial charge in [-0.2, -0.15) is 0 Å². The van der Waals surface area contributed by atoms with E-state index >= 15 is 0 Å². The van der Waals surface area contributed by atoms with E-state index in [0.29, 0.717) is 5.41 Å². The smallest absolute Gasteiger partial charge is 0.0723 e. The molecule has 1 nitrogen and oxygen atoms in total. The number of rotatable bonds is 0. The Labute approximate surface area is 117 Å². The third kappa shape index (κ3) is 1.84. The van der Waals surface area contributed by atoms with E-state index in [0.717, 1.165) is 30.1 Å². The molecular weight excluding hydrogens is 232 g/mol. The molecule has 0 bridgehead atoms. The van der Waals surface area contributed by atoms with E-state index in [1.807, 2.05) is 0 Å². The molecule has 19 heavy (non-hydrogen) atoms. The van der Waals surface area contributed by atoms with Crippen LogP contribution >= 0.6 is 0 Å². The predicted octanol–water partition coefficient (Wildman–Crippen LogP) is 4.31. The Morgan fingerprint density at radius 2 is 1.95 bits per heavy atom. The molecule has 6 atom stereocenters. The second kappa shape index (κ2) is 4.35. The third-order valence-electron chi connectivity index (χ3n) is 7.21. The van der Waals surface area contributed by atoms with Crippen LogP contribution in [0.25, 0.3) is 0 Å². The average Bonchev–Trinajstić information content (AvgIpc) is 2.79. The molecule has 4 unspecified atom stereocenters. The molecule has 1 N–H and O–H groups in total. The van der Waals surface area contributed by atoms with Crippen molar-refractivity contribution in [1.82, 2.24) is 0 Å². The van der Waals surface area contributed by atoms with Crippen molar-refractivity contribution in [2.24, 2.45) is 29.1 Å². The summed E-state index contributed by atoms with van der Waals surface area (Å²) in [7, 11) is 0. The van der Waals surface area contributed by atoms with Gasteiger partial charge in [-0.25, -0.2) is 0 Å². The summed E-state index contributed by atoms with van der Waals surface area (Å²) in [6.45, 7) is 2.58. The Balaban J connectivity index is 1.61. The summed E-state index contributed by atoms with van der Waals surface area (Å²) in [4.78, 5) is 0. The van der Waals surface area contributed by atoms with Crippen molar-refractivity contribution in [2.45, 2.75) is 70.8 Å². The van der Waals surface area contributed by atoms with Crippen LogP contribution in [0.1, 0.15) is 64.7 Å². The quantitative estimate of drug-likeness (QED) is 0.643. The van der Waals surface area contributed by atoms with Crippen LogP contribution in [-0.2, 0) is 0 Å². The third-order valence-corrected chi connectivity index (χ3v) is 7.21. The lowest BCUT2D eigenvalue weighted by Gasteiger charge is -2.53. The highest BCUT2D eigenvalue weighted by atomic mass is 16.3. The molecule has 0 spiro atoms. The molecule has 3 saturated carbocycles.